The fourth-order valence-corrected chi connectivity index (χ4v) is 11.9. The van der Waals surface area contributed by atoms with Gasteiger partial charge in [-0.25, -0.2) is 4.79 Å². The van der Waals surface area contributed by atoms with Gasteiger partial charge in [0.1, 0.15) is 6.10 Å². The maximum absolute atomic E-state index is 13.6. The molecule has 45 heavy (non-hydrogen) atoms. The van der Waals surface area contributed by atoms with Crippen molar-refractivity contribution in [1.29, 1.82) is 0 Å². The first-order valence-corrected chi connectivity index (χ1v) is 17.3. The average Bonchev–Trinajstić information content (AvgIpc) is 3.21. The maximum atomic E-state index is 13.6. The number of ketones is 1. The van der Waals surface area contributed by atoms with Crippen LogP contribution in [-0.2, 0) is 23.9 Å². The van der Waals surface area contributed by atoms with E-state index in [1.807, 2.05) is 6.08 Å². The molecular weight excluding hydrogens is 568 g/mol. The second-order valence-electron chi connectivity index (χ2n) is 17.7. The predicted molar refractivity (Wildman–Crippen MR) is 172 cm³/mol. The highest BCUT2D eigenvalue weighted by atomic mass is 16.5. The van der Waals surface area contributed by atoms with E-state index in [4.69, 9.17) is 4.74 Å². The monoisotopic (exact) mass is 624 g/mol. The van der Waals surface area contributed by atoms with Crippen molar-refractivity contribution in [2.75, 3.05) is 0 Å². The number of carbonyl (C=O) groups is 4. The van der Waals surface area contributed by atoms with Crippen LogP contribution in [0.25, 0.3) is 0 Å². The Labute approximate surface area is 269 Å². The maximum Gasteiger partial charge on any atom is 0.328 e. The van der Waals surface area contributed by atoms with Crippen LogP contribution in [0, 0.1) is 56.2 Å². The van der Waals surface area contributed by atoms with E-state index >= 15 is 0 Å². The molecule has 5 aliphatic rings. The van der Waals surface area contributed by atoms with E-state index in [1.54, 1.807) is 13.8 Å². The Morgan fingerprint density at radius 3 is 2.18 bits per heavy atom. The molecule has 0 amide bonds. The van der Waals surface area contributed by atoms with Crippen LogP contribution in [-0.4, -0.2) is 40.0 Å². The van der Waals surface area contributed by atoms with Crippen LogP contribution in [0.3, 0.4) is 0 Å². The van der Waals surface area contributed by atoms with E-state index < -0.39 is 28.7 Å². The van der Waals surface area contributed by atoms with E-state index in [9.17, 15) is 29.4 Å². The molecule has 250 valence electrons. The molecule has 8 atom stereocenters. The number of carbonyl (C=O) groups excluding carboxylic acids is 2. The van der Waals surface area contributed by atoms with Gasteiger partial charge in [-0.1, -0.05) is 54.5 Å². The zero-order valence-electron chi connectivity index (χ0n) is 29.0. The summed E-state index contributed by atoms with van der Waals surface area (Å²) < 4.78 is 6.11. The second kappa shape index (κ2) is 10.8. The Bertz CT molecular complexity index is 1350. The molecule has 1 unspecified atom stereocenters. The molecule has 0 radical (unpaired) electrons. The number of hydrogen-bond acceptors (Lipinski definition) is 5. The van der Waals surface area contributed by atoms with E-state index in [-0.39, 0.29) is 51.8 Å². The standard InChI is InChI=1S/C38H56O7/c1-22(2)30-24(39)20-38(17-14-28(40)41)19-18-36(8)23(31(30)38)10-11-26-35(7)15-13-27(45-29(42)21-33(3,4)32(43)44)34(5,6)25(35)12-16-37(26,36)9/h14,17,22-23,25-27H,10-13,15-16,18-21H2,1-9H3,(H,40,41)(H,43,44)/b17-14+/t23-,25?,26-,27+,35+,36-,37-,38+/m1/s1. The van der Waals surface area contributed by atoms with Gasteiger partial charge in [-0.3, -0.25) is 14.4 Å². The van der Waals surface area contributed by atoms with Crippen molar-refractivity contribution in [3.05, 3.63) is 23.3 Å². The normalized spacial score (nSPS) is 40.9. The smallest absolute Gasteiger partial charge is 0.328 e. The van der Waals surface area contributed by atoms with Gasteiger partial charge in [0, 0.05) is 23.3 Å². The number of carboxylic acids is 2. The summed E-state index contributed by atoms with van der Waals surface area (Å²) in [6, 6.07) is 0. The molecule has 4 fully saturated rings. The molecule has 0 heterocycles. The molecule has 0 bridgehead atoms. The van der Waals surface area contributed by atoms with Crippen LogP contribution in [0.5, 0.6) is 0 Å². The number of esters is 1. The summed E-state index contributed by atoms with van der Waals surface area (Å²) in [6.07, 6.45) is 10.8. The minimum absolute atomic E-state index is 0.0135. The number of fused-ring (bicyclic) bond motifs is 7. The molecule has 7 nitrogen and oxygen atoms in total. The lowest BCUT2D eigenvalue weighted by molar-refractivity contribution is -0.232. The van der Waals surface area contributed by atoms with Crippen molar-refractivity contribution >= 4 is 23.7 Å². The first-order valence-electron chi connectivity index (χ1n) is 17.3. The van der Waals surface area contributed by atoms with E-state index in [2.05, 4.69) is 48.5 Å². The van der Waals surface area contributed by atoms with Gasteiger partial charge in [0.25, 0.3) is 0 Å². The molecule has 2 N–H and O–H groups in total. The largest absolute Gasteiger partial charge is 0.481 e. The SMILES string of the molecule is CC(C)C1=C2[C@H]3CC[C@@H]4[C@@]5(C)CC[C@H](OC(=O)CC(C)(C)C(=O)O)C(C)(C)C5CC[C@@]4(C)[C@]3(C)CC[C@@]2(/C=C/C(=O)O)CC1=O. The summed E-state index contributed by atoms with van der Waals surface area (Å²) in [6.45, 7) is 19.3. The quantitative estimate of drug-likeness (QED) is 0.217. The number of rotatable bonds is 7. The van der Waals surface area contributed by atoms with E-state index in [0.717, 1.165) is 56.9 Å². The summed E-state index contributed by atoms with van der Waals surface area (Å²) in [7, 11) is 0. The number of aliphatic carboxylic acids is 2. The minimum Gasteiger partial charge on any atom is -0.481 e. The van der Waals surface area contributed by atoms with Gasteiger partial charge >= 0.3 is 17.9 Å². The molecule has 0 saturated heterocycles. The van der Waals surface area contributed by atoms with Crippen molar-refractivity contribution in [1.82, 2.24) is 0 Å². The molecule has 7 heteroatoms. The molecule has 0 aromatic carbocycles. The lowest BCUT2D eigenvalue weighted by Crippen LogP contribution is -2.65. The van der Waals surface area contributed by atoms with Crippen molar-refractivity contribution in [2.24, 2.45) is 56.2 Å². The molecule has 0 aromatic rings. The Hall–Kier alpha value is -2.44. The van der Waals surface area contributed by atoms with Crippen molar-refractivity contribution in [2.45, 2.75) is 133 Å². The number of carboxylic acid groups (broad SMARTS) is 2. The van der Waals surface area contributed by atoms with Crippen molar-refractivity contribution in [3.8, 4) is 0 Å². The van der Waals surface area contributed by atoms with E-state index in [0.29, 0.717) is 18.3 Å². The number of allylic oxidation sites excluding steroid dienone is 3. The summed E-state index contributed by atoms with van der Waals surface area (Å²) in [5.74, 6) is -0.993. The summed E-state index contributed by atoms with van der Waals surface area (Å²) >= 11 is 0. The third kappa shape index (κ3) is 4.96. The third-order valence-corrected chi connectivity index (χ3v) is 14.4. The van der Waals surface area contributed by atoms with Gasteiger partial charge < -0.3 is 14.9 Å². The van der Waals surface area contributed by atoms with Gasteiger partial charge in [0.15, 0.2) is 5.78 Å². The topological polar surface area (TPSA) is 118 Å². The van der Waals surface area contributed by atoms with E-state index in [1.165, 1.54) is 11.6 Å². The molecule has 0 spiro atoms. The van der Waals surface area contributed by atoms with Crippen LogP contribution >= 0.6 is 0 Å². The average molecular weight is 625 g/mol. The zero-order chi connectivity index (χ0) is 33.5. The molecule has 5 rings (SSSR count). The summed E-state index contributed by atoms with van der Waals surface area (Å²) in [5, 5.41) is 19.1. The fourth-order valence-electron chi connectivity index (χ4n) is 11.9. The number of Topliss-reactive ketones (excluding diaryl/α,β-unsaturated/α-hetero) is 1. The summed E-state index contributed by atoms with van der Waals surface area (Å²) in [4.78, 5) is 49.9. The third-order valence-electron chi connectivity index (χ3n) is 14.4. The first kappa shape index (κ1) is 33.9. The van der Waals surface area contributed by atoms with Crippen LogP contribution in [0.4, 0.5) is 0 Å². The lowest BCUT2D eigenvalue weighted by Gasteiger charge is -2.72. The minimum atomic E-state index is -1.17. The second-order valence-corrected chi connectivity index (χ2v) is 17.7. The number of hydrogen-bond donors (Lipinski definition) is 2. The number of ether oxygens (including phenoxy) is 1. The summed E-state index contributed by atoms with van der Waals surface area (Å²) in [5.41, 5.74) is 0.411. The van der Waals surface area contributed by atoms with Gasteiger partial charge in [-0.15, -0.1) is 0 Å². The van der Waals surface area contributed by atoms with Crippen LogP contribution in [0.2, 0.25) is 0 Å². The predicted octanol–water partition coefficient (Wildman–Crippen LogP) is 8.02. The van der Waals surface area contributed by atoms with Crippen LogP contribution in [0.1, 0.15) is 127 Å². The molecule has 0 aromatic heterocycles. The fraction of sp³-hybridized carbons (Fsp3) is 0.789. The van der Waals surface area contributed by atoms with Gasteiger partial charge in [0.2, 0.25) is 0 Å². The Morgan fingerprint density at radius 1 is 0.911 bits per heavy atom. The molecular formula is C38H56O7. The van der Waals surface area contributed by atoms with Gasteiger partial charge in [-0.2, -0.15) is 0 Å². The highest BCUT2D eigenvalue weighted by Crippen LogP contribution is 2.76. The van der Waals surface area contributed by atoms with Crippen molar-refractivity contribution < 1.29 is 34.1 Å². The Morgan fingerprint density at radius 2 is 1.58 bits per heavy atom. The highest BCUT2D eigenvalue weighted by molar-refractivity contribution is 6.01. The van der Waals surface area contributed by atoms with Gasteiger partial charge in [-0.05, 0) is 116 Å². The van der Waals surface area contributed by atoms with Crippen molar-refractivity contribution in [3.63, 3.8) is 0 Å². The molecule has 0 aliphatic heterocycles. The molecule has 4 saturated carbocycles. The zero-order valence-corrected chi connectivity index (χ0v) is 29.0. The lowest BCUT2D eigenvalue weighted by atomic mass is 9.33. The Balaban J connectivity index is 1.46. The van der Waals surface area contributed by atoms with Crippen LogP contribution in [0.15, 0.2) is 23.3 Å². The van der Waals surface area contributed by atoms with Gasteiger partial charge in [0.05, 0.1) is 11.8 Å². The molecule has 5 aliphatic carbocycles. The first-order chi connectivity index (χ1) is 20.7. The Kier molecular flexibility index (Phi) is 8.14. The van der Waals surface area contributed by atoms with Crippen LogP contribution < -0.4 is 0 Å². The highest BCUT2D eigenvalue weighted by Gasteiger charge is 2.70.